The number of amidine groups is 1. The molecule has 1 unspecified atom stereocenters. The molecule has 92 valence electrons. The molecule has 1 fully saturated rings. The second-order valence-corrected chi connectivity index (χ2v) is 6.26. The molecule has 0 radical (unpaired) electrons. The zero-order valence-corrected chi connectivity index (χ0v) is 11.2. The Balaban J connectivity index is 1.69. The highest BCUT2D eigenvalue weighted by Crippen LogP contribution is 2.20. The number of nitrogens with one attached hydrogen (secondary N) is 1. The molecule has 2 aliphatic heterocycles. The van der Waals surface area contributed by atoms with Gasteiger partial charge in [-0.3, -0.25) is 4.99 Å². The van der Waals surface area contributed by atoms with E-state index >= 15 is 0 Å². The summed E-state index contributed by atoms with van der Waals surface area (Å²) < 4.78 is 0. The first-order valence-corrected chi connectivity index (χ1v) is 7.36. The van der Waals surface area contributed by atoms with Crippen LogP contribution < -0.4 is 5.32 Å². The summed E-state index contributed by atoms with van der Waals surface area (Å²) in [7, 11) is 0. The fourth-order valence-corrected chi connectivity index (χ4v) is 3.26. The van der Waals surface area contributed by atoms with Crippen LogP contribution in [0.2, 0.25) is 0 Å². The van der Waals surface area contributed by atoms with Crippen LogP contribution in [0.3, 0.4) is 0 Å². The third-order valence-electron chi connectivity index (χ3n) is 3.26. The first kappa shape index (κ1) is 12.2. The molecule has 0 aromatic heterocycles. The molecule has 0 aromatic rings. The number of hydrogen-bond donors (Lipinski definition) is 1. The molecule has 0 saturated carbocycles. The first-order valence-electron chi connectivity index (χ1n) is 6.48. The molecule has 1 atom stereocenters. The van der Waals surface area contributed by atoms with E-state index in [4.69, 9.17) is 0 Å². The normalized spacial score (nSPS) is 28.1. The lowest BCUT2D eigenvalue weighted by atomic mass is 10.1. The molecule has 2 rings (SSSR count). The van der Waals surface area contributed by atoms with Gasteiger partial charge in [-0.25, -0.2) is 0 Å². The van der Waals surface area contributed by atoms with Crippen molar-refractivity contribution in [2.24, 2.45) is 4.99 Å². The van der Waals surface area contributed by atoms with E-state index in [9.17, 15) is 0 Å². The van der Waals surface area contributed by atoms with Gasteiger partial charge in [-0.15, -0.1) is 0 Å². The van der Waals surface area contributed by atoms with E-state index in [0.717, 1.165) is 6.54 Å². The maximum Gasteiger partial charge on any atom is 0.157 e. The van der Waals surface area contributed by atoms with Crippen molar-refractivity contribution in [2.45, 2.75) is 44.4 Å². The Labute approximate surface area is 103 Å². The van der Waals surface area contributed by atoms with Gasteiger partial charge in [-0.05, 0) is 25.8 Å². The molecule has 0 spiro atoms. The molecular formula is C12H23N3S. The highest BCUT2D eigenvalue weighted by Gasteiger charge is 2.22. The molecule has 2 heterocycles. The molecule has 0 aliphatic carbocycles. The van der Waals surface area contributed by atoms with Gasteiger partial charge in [-0.2, -0.15) is 0 Å². The second kappa shape index (κ2) is 5.92. The average molecular weight is 241 g/mol. The zero-order chi connectivity index (χ0) is 11.4. The SMILES string of the molecule is CCCN1CCC(NC2=NCC(C)S2)CC1. The fourth-order valence-electron chi connectivity index (χ4n) is 2.35. The molecule has 2 aliphatic rings. The van der Waals surface area contributed by atoms with Crippen LogP contribution in [0, 0.1) is 0 Å². The molecule has 0 aromatic carbocycles. The van der Waals surface area contributed by atoms with Crippen molar-refractivity contribution < 1.29 is 0 Å². The predicted molar refractivity (Wildman–Crippen MR) is 72.2 cm³/mol. The van der Waals surface area contributed by atoms with Crippen molar-refractivity contribution in [3.63, 3.8) is 0 Å². The van der Waals surface area contributed by atoms with Crippen LogP contribution in [-0.2, 0) is 0 Å². The number of piperidine rings is 1. The number of aliphatic imine (C=N–C) groups is 1. The smallest absolute Gasteiger partial charge is 0.157 e. The standard InChI is InChI=1S/C12H23N3S/c1-3-6-15-7-4-11(5-8-15)14-12-13-9-10(2)16-12/h10-11H,3-9H2,1-2H3,(H,13,14). The van der Waals surface area contributed by atoms with E-state index in [1.165, 1.54) is 44.1 Å². The summed E-state index contributed by atoms with van der Waals surface area (Å²) in [6, 6.07) is 0.657. The molecule has 16 heavy (non-hydrogen) atoms. The van der Waals surface area contributed by atoms with Crippen LogP contribution in [0.4, 0.5) is 0 Å². The van der Waals surface area contributed by atoms with Gasteiger partial charge in [0.25, 0.3) is 0 Å². The van der Waals surface area contributed by atoms with Crippen molar-refractivity contribution in [3.8, 4) is 0 Å². The maximum absolute atomic E-state index is 4.52. The van der Waals surface area contributed by atoms with Crippen molar-refractivity contribution in [1.82, 2.24) is 10.2 Å². The van der Waals surface area contributed by atoms with E-state index < -0.39 is 0 Å². The molecule has 1 N–H and O–H groups in total. The summed E-state index contributed by atoms with van der Waals surface area (Å²) in [6.45, 7) is 9.25. The Hall–Kier alpha value is -0.220. The maximum atomic E-state index is 4.52. The van der Waals surface area contributed by atoms with E-state index in [2.05, 4.69) is 29.1 Å². The average Bonchev–Trinajstić information content (AvgIpc) is 2.67. The molecular weight excluding hydrogens is 218 g/mol. The van der Waals surface area contributed by atoms with Gasteiger partial charge in [0.2, 0.25) is 0 Å². The Kier molecular flexibility index (Phi) is 4.53. The predicted octanol–water partition coefficient (Wildman–Crippen LogP) is 1.94. The minimum Gasteiger partial charge on any atom is -0.362 e. The Morgan fingerprint density at radius 3 is 2.75 bits per heavy atom. The molecule has 4 heteroatoms. The summed E-state index contributed by atoms with van der Waals surface area (Å²) in [5, 5.41) is 5.45. The number of nitrogens with zero attached hydrogens (tertiary/aromatic N) is 2. The van der Waals surface area contributed by atoms with E-state index in [1.807, 2.05) is 11.8 Å². The topological polar surface area (TPSA) is 27.6 Å². The first-order chi connectivity index (χ1) is 7.78. The number of likely N-dealkylation sites (tertiary alicyclic amines) is 1. The number of thioether (sulfide) groups is 1. The number of hydrogen-bond acceptors (Lipinski definition) is 4. The third-order valence-corrected chi connectivity index (χ3v) is 4.28. The number of rotatable bonds is 3. The summed E-state index contributed by atoms with van der Waals surface area (Å²) >= 11 is 1.90. The fraction of sp³-hybridized carbons (Fsp3) is 0.917. The second-order valence-electron chi connectivity index (χ2n) is 4.83. The lowest BCUT2D eigenvalue weighted by Crippen LogP contribution is -2.43. The summed E-state index contributed by atoms with van der Waals surface area (Å²) in [5.74, 6) is 0. The molecule has 0 bridgehead atoms. The Morgan fingerprint density at radius 1 is 1.44 bits per heavy atom. The van der Waals surface area contributed by atoms with Crippen molar-refractivity contribution in [3.05, 3.63) is 0 Å². The van der Waals surface area contributed by atoms with Gasteiger partial charge in [-0.1, -0.05) is 25.6 Å². The summed E-state index contributed by atoms with van der Waals surface area (Å²) in [4.78, 5) is 7.09. The highest BCUT2D eigenvalue weighted by molar-refractivity contribution is 8.14. The van der Waals surface area contributed by atoms with E-state index in [1.54, 1.807) is 0 Å². The zero-order valence-electron chi connectivity index (χ0n) is 10.4. The largest absolute Gasteiger partial charge is 0.362 e. The van der Waals surface area contributed by atoms with Gasteiger partial charge in [0.1, 0.15) is 0 Å². The van der Waals surface area contributed by atoms with Crippen LogP contribution in [0.25, 0.3) is 0 Å². The monoisotopic (exact) mass is 241 g/mol. The lowest BCUT2D eigenvalue weighted by Gasteiger charge is -2.32. The van der Waals surface area contributed by atoms with Gasteiger partial charge in [0, 0.05) is 24.4 Å². The van der Waals surface area contributed by atoms with Crippen molar-refractivity contribution in [2.75, 3.05) is 26.2 Å². The van der Waals surface area contributed by atoms with E-state index in [-0.39, 0.29) is 0 Å². The van der Waals surface area contributed by atoms with Crippen LogP contribution in [0.1, 0.15) is 33.1 Å². The van der Waals surface area contributed by atoms with Crippen molar-refractivity contribution >= 4 is 16.9 Å². The third kappa shape index (κ3) is 3.39. The van der Waals surface area contributed by atoms with Gasteiger partial charge < -0.3 is 10.2 Å². The molecule has 3 nitrogen and oxygen atoms in total. The molecule has 0 amide bonds. The van der Waals surface area contributed by atoms with Gasteiger partial charge in [0.05, 0.1) is 6.54 Å². The minimum absolute atomic E-state index is 0.657. The van der Waals surface area contributed by atoms with Crippen molar-refractivity contribution in [1.29, 1.82) is 0 Å². The van der Waals surface area contributed by atoms with Crippen LogP contribution >= 0.6 is 11.8 Å². The van der Waals surface area contributed by atoms with E-state index in [0.29, 0.717) is 11.3 Å². The lowest BCUT2D eigenvalue weighted by molar-refractivity contribution is 0.207. The highest BCUT2D eigenvalue weighted by atomic mass is 32.2. The Morgan fingerprint density at radius 2 is 2.19 bits per heavy atom. The summed E-state index contributed by atoms with van der Waals surface area (Å²) in [5.41, 5.74) is 0. The van der Waals surface area contributed by atoms with Crippen LogP contribution in [0.5, 0.6) is 0 Å². The van der Waals surface area contributed by atoms with Crippen LogP contribution in [-0.4, -0.2) is 47.5 Å². The quantitative estimate of drug-likeness (QED) is 0.818. The molecule has 1 saturated heterocycles. The summed E-state index contributed by atoms with van der Waals surface area (Å²) in [6.07, 6.45) is 3.82. The van der Waals surface area contributed by atoms with Crippen LogP contribution in [0.15, 0.2) is 4.99 Å². The Bertz CT molecular complexity index is 247. The van der Waals surface area contributed by atoms with Gasteiger partial charge in [0.15, 0.2) is 5.17 Å². The van der Waals surface area contributed by atoms with Gasteiger partial charge >= 0.3 is 0 Å². The minimum atomic E-state index is 0.657.